The van der Waals surface area contributed by atoms with E-state index in [0.717, 1.165) is 74.1 Å². The molecule has 0 aliphatic heterocycles. The van der Waals surface area contributed by atoms with E-state index in [2.05, 4.69) is 213 Å². The fourth-order valence-electron chi connectivity index (χ4n) is 13.2. The first-order valence-corrected chi connectivity index (χ1v) is 25.8. The number of rotatable bonds is 4. The summed E-state index contributed by atoms with van der Waals surface area (Å²) in [6, 6.07) is 56.9. The van der Waals surface area contributed by atoms with Crippen LogP contribution in [0.15, 0.2) is 156 Å². The molecule has 74 heavy (non-hydrogen) atoms. The summed E-state index contributed by atoms with van der Waals surface area (Å²) in [4.78, 5) is 9.68. The first-order chi connectivity index (χ1) is 34.7. The molecule has 0 spiro atoms. The third-order valence-corrected chi connectivity index (χ3v) is 16.1. The van der Waals surface area contributed by atoms with Gasteiger partial charge in [0.25, 0.3) is 0 Å². The summed E-state index contributed by atoms with van der Waals surface area (Å²) < 4.78 is 21.9. The number of furan rings is 1. The smallest absolute Gasteiger partial charge is 0.121 e. The van der Waals surface area contributed by atoms with Crippen molar-refractivity contribution in [3.63, 3.8) is 0 Å². The van der Waals surface area contributed by atoms with Crippen LogP contribution in [0.1, 0.15) is 117 Å². The van der Waals surface area contributed by atoms with Gasteiger partial charge in [-0.15, -0.1) is 48.0 Å². The molecule has 373 valence electrons. The molecule has 0 fully saturated rings. The van der Waals surface area contributed by atoms with Crippen molar-refractivity contribution >= 4 is 54.5 Å². The number of hydrogen-bond donors (Lipinski definition) is 0. The second-order valence-corrected chi connectivity index (χ2v) is 24.4. The Bertz CT molecular complexity index is 3940. The van der Waals surface area contributed by atoms with Crippen LogP contribution in [0, 0.1) is 17.9 Å². The van der Waals surface area contributed by atoms with Gasteiger partial charge in [-0.05, 0) is 142 Å². The molecular formula is C68H62FIrN3O-2. The maximum absolute atomic E-state index is 12.8. The molecule has 6 heteroatoms. The molecule has 8 aromatic carbocycles. The van der Waals surface area contributed by atoms with Crippen molar-refractivity contribution in [3.05, 3.63) is 198 Å². The third kappa shape index (κ3) is 8.12. The van der Waals surface area contributed by atoms with E-state index in [1.54, 1.807) is 17.2 Å². The van der Waals surface area contributed by atoms with Gasteiger partial charge in [0.05, 0.1) is 22.4 Å². The Morgan fingerprint density at radius 1 is 0.622 bits per heavy atom. The molecule has 0 saturated carbocycles. The van der Waals surface area contributed by atoms with Gasteiger partial charge in [0, 0.05) is 43.2 Å². The molecule has 11 aromatic rings. The predicted octanol–water partition coefficient (Wildman–Crippen LogP) is 18.3. The molecule has 1 radical (unpaired) electrons. The van der Waals surface area contributed by atoms with Crippen LogP contribution in [-0.2, 0) is 47.2 Å². The zero-order chi connectivity index (χ0) is 51.0. The number of para-hydroxylation sites is 2. The van der Waals surface area contributed by atoms with E-state index in [9.17, 15) is 4.39 Å². The first-order valence-electron chi connectivity index (χ1n) is 25.8. The van der Waals surface area contributed by atoms with E-state index < -0.39 is 0 Å². The van der Waals surface area contributed by atoms with Crippen LogP contribution in [0.5, 0.6) is 0 Å². The first kappa shape index (κ1) is 49.5. The van der Waals surface area contributed by atoms with Gasteiger partial charge in [0.2, 0.25) is 0 Å². The summed E-state index contributed by atoms with van der Waals surface area (Å²) in [7, 11) is 0. The molecule has 3 heterocycles. The second kappa shape index (κ2) is 17.4. The van der Waals surface area contributed by atoms with E-state index in [4.69, 9.17) is 9.40 Å². The van der Waals surface area contributed by atoms with Crippen LogP contribution in [0.4, 0.5) is 4.39 Å². The largest absolute Gasteiger partial charge is 0.501 e. The number of aromatic nitrogens is 3. The number of pyridine rings is 1. The average molecular weight is 1150 g/mol. The Morgan fingerprint density at radius 2 is 1.30 bits per heavy atom. The molecule has 0 N–H and O–H groups in total. The maximum Gasteiger partial charge on any atom is 0.121 e. The number of halogens is 1. The van der Waals surface area contributed by atoms with Gasteiger partial charge in [-0.1, -0.05) is 166 Å². The molecule has 0 amide bonds. The molecule has 13 rings (SSSR count). The summed E-state index contributed by atoms with van der Waals surface area (Å²) in [5.74, 6) is 0.547. The van der Waals surface area contributed by atoms with Crippen molar-refractivity contribution in [3.8, 4) is 39.5 Å². The zero-order valence-electron chi connectivity index (χ0n) is 44.3. The third-order valence-electron chi connectivity index (χ3n) is 16.1. The van der Waals surface area contributed by atoms with Crippen LogP contribution in [0.3, 0.4) is 0 Å². The average Bonchev–Trinajstić information content (AvgIpc) is 4.06. The summed E-state index contributed by atoms with van der Waals surface area (Å²) in [5.41, 5.74) is 17.8. The SMILES string of the molecule is CC(C)(C)c1ccc(-c2[c-]cc(F)cc2)nc1.CC1(C)CC(C)(C)c2c1cc1c(c2-c2ccc(-n3c(-c4[c-]ccc5c4oc4cc6c(ccc7ccccc76)cc45)nc4ccccc43)cc2)C(C)(C)CC1(C)C.[Ir]. The van der Waals surface area contributed by atoms with Crippen LogP contribution in [-0.4, -0.2) is 14.5 Å². The Labute approximate surface area is 448 Å². The summed E-state index contributed by atoms with van der Waals surface area (Å²) in [5, 5.41) is 7.03. The number of nitrogens with zero attached hydrogens (tertiary/aromatic N) is 3. The Morgan fingerprint density at radius 3 is 1.96 bits per heavy atom. The van der Waals surface area contributed by atoms with Crippen molar-refractivity contribution < 1.29 is 28.9 Å². The van der Waals surface area contributed by atoms with Crippen molar-refractivity contribution in [1.29, 1.82) is 0 Å². The van der Waals surface area contributed by atoms with E-state index in [1.807, 2.05) is 18.3 Å². The van der Waals surface area contributed by atoms with Gasteiger partial charge >= 0.3 is 0 Å². The molecular weight excluding hydrogens is 1090 g/mol. The van der Waals surface area contributed by atoms with E-state index in [0.29, 0.717) is 0 Å². The molecule has 0 bridgehead atoms. The minimum atomic E-state index is -0.278. The molecule has 3 aromatic heterocycles. The summed E-state index contributed by atoms with van der Waals surface area (Å²) in [6.07, 6.45) is 4.16. The van der Waals surface area contributed by atoms with Crippen LogP contribution in [0.25, 0.3) is 94.0 Å². The second-order valence-electron chi connectivity index (χ2n) is 24.4. The van der Waals surface area contributed by atoms with Gasteiger partial charge < -0.3 is 14.0 Å². The minimum absolute atomic E-state index is 0. The van der Waals surface area contributed by atoms with Crippen LogP contribution < -0.4 is 0 Å². The predicted molar refractivity (Wildman–Crippen MR) is 302 cm³/mol. The molecule has 0 unspecified atom stereocenters. The van der Waals surface area contributed by atoms with Crippen LogP contribution >= 0.6 is 0 Å². The molecule has 0 saturated heterocycles. The number of imidazole rings is 1. The zero-order valence-corrected chi connectivity index (χ0v) is 46.7. The van der Waals surface area contributed by atoms with Gasteiger partial charge in [0.15, 0.2) is 0 Å². The number of hydrogen-bond acceptors (Lipinski definition) is 3. The van der Waals surface area contributed by atoms with Crippen LogP contribution in [0.2, 0.25) is 0 Å². The van der Waals surface area contributed by atoms with E-state index in [1.165, 1.54) is 61.5 Å². The van der Waals surface area contributed by atoms with Gasteiger partial charge in [-0.3, -0.25) is 9.37 Å². The molecule has 2 aliphatic carbocycles. The molecule has 4 nitrogen and oxygen atoms in total. The summed E-state index contributed by atoms with van der Waals surface area (Å²) >= 11 is 0. The molecule has 0 atom stereocenters. The Kier molecular flexibility index (Phi) is 11.7. The van der Waals surface area contributed by atoms with E-state index in [-0.39, 0.29) is 53.0 Å². The van der Waals surface area contributed by atoms with Gasteiger partial charge in [0.1, 0.15) is 5.58 Å². The van der Waals surface area contributed by atoms with Crippen molar-refractivity contribution in [2.24, 2.45) is 0 Å². The van der Waals surface area contributed by atoms with Gasteiger partial charge in [-0.25, -0.2) is 0 Å². The summed E-state index contributed by atoms with van der Waals surface area (Å²) in [6.45, 7) is 26.1. The minimum Gasteiger partial charge on any atom is -0.501 e. The Balaban J connectivity index is 0.000000279. The number of fused-ring (bicyclic) bond motifs is 9. The quantitative estimate of drug-likeness (QED) is 0.130. The van der Waals surface area contributed by atoms with Gasteiger partial charge in [-0.2, -0.15) is 0 Å². The monoisotopic (exact) mass is 1150 g/mol. The fourth-order valence-corrected chi connectivity index (χ4v) is 13.2. The topological polar surface area (TPSA) is 43.9 Å². The van der Waals surface area contributed by atoms with E-state index >= 15 is 0 Å². The van der Waals surface area contributed by atoms with Crippen molar-refractivity contribution in [1.82, 2.24) is 14.5 Å². The van der Waals surface area contributed by atoms with Crippen molar-refractivity contribution in [2.45, 2.75) is 116 Å². The fraction of sp³-hybridized carbons (Fsp3) is 0.265. The standard InChI is InChI=1S/C53H47N2O.C15H15FN.Ir/c1-50(2)29-52(5,6)46-40(50)28-41-47(53(7,8)30-51(41,3)4)45(46)32-22-24-34(25-23-32)55-43-19-12-11-18-42(43)54-49(55)37-17-13-16-36-39-26-33-21-20-31-14-9-10-15-35(31)38(33)27-44(39)56-48(36)37;1-15(2,3)12-6-9-14(17-10-12)11-4-7-13(16)8-5-11;/h9-16,18-28H,29-30H2,1-8H3;4,6-10H,1-3H3;/q2*-1;. The number of benzene rings is 8. The van der Waals surface area contributed by atoms with Crippen molar-refractivity contribution in [2.75, 3.05) is 0 Å². The maximum atomic E-state index is 12.8. The molecule has 2 aliphatic rings. The Hall–Kier alpha value is -6.72. The normalized spacial score (nSPS) is 16.1.